The number of carboxylic acid groups (broad SMARTS) is 1. The van der Waals surface area contributed by atoms with Crippen LogP contribution in [0.3, 0.4) is 0 Å². The molecular weight excluding hydrogens is 450 g/mol. The Balaban J connectivity index is 0.000000423. The molecular formula is C17H18ClF4N5O4. The van der Waals surface area contributed by atoms with Crippen LogP contribution in [0.2, 0.25) is 5.02 Å². The molecule has 9 nitrogen and oxygen atoms in total. The number of benzene rings is 1. The summed E-state index contributed by atoms with van der Waals surface area (Å²) in [6.45, 7) is 2.99. The van der Waals surface area contributed by atoms with Crippen LogP contribution in [-0.4, -0.2) is 63.1 Å². The topological polar surface area (TPSA) is 124 Å². The molecule has 0 radical (unpaired) electrons. The number of amidine groups is 1. The second-order valence-corrected chi connectivity index (χ2v) is 6.77. The molecule has 1 saturated heterocycles. The highest BCUT2D eigenvalue weighted by Gasteiger charge is 2.38. The van der Waals surface area contributed by atoms with Crippen molar-refractivity contribution in [3.05, 3.63) is 40.4 Å². The number of aliphatic carboxylic acids is 1. The monoisotopic (exact) mass is 467 g/mol. The standard InChI is InChI=1S/C15H17ClFN5O2.C2HF3O2/c16-11-9-10(3-4-12(11)17)18-15(19-23)14-13(20-24-21-14)5-8-22-6-1-2-7-22;3-2(4,5)1(6)7/h3-4,9,23H,1-2,5-8H2,(H,18,19);(H,6,7). The van der Waals surface area contributed by atoms with Crippen molar-refractivity contribution >= 4 is 29.1 Å². The summed E-state index contributed by atoms with van der Waals surface area (Å²) in [6, 6.07) is 4.08. The van der Waals surface area contributed by atoms with Crippen molar-refractivity contribution in [2.75, 3.05) is 25.0 Å². The Morgan fingerprint density at radius 3 is 2.48 bits per heavy atom. The van der Waals surface area contributed by atoms with Crippen molar-refractivity contribution in [2.45, 2.75) is 25.4 Å². The summed E-state index contributed by atoms with van der Waals surface area (Å²) in [5.41, 5.74) is 1.37. The number of carboxylic acids is 1. The quantitative estimate of drug-likeness (QED) is 0.201. The van der Waals surface area contributed by atoms with Gasteiger partial charge in [0.1, 0.15) is 11.5 Å². The first-order valence-corrected chi connectivity index (χ1v) is 9.28. The molecule has 2 aromatic rings. The van der Waals surface area contributed by atoms with Crippen LogP contribution >= 0.6 is 11.6 Å². The van der Waals surface area contributed by atoms with Crippen molar-refractivity contribution in [2.24, 2.45) is 5.16 Å². The smallest absolute Gasteiger partial charge is 0.475 e. The van der Waals surface area contributed by atoms with Crippen LogP contribution in [0.5, 0.6) is 0 Å². The fraction of sp³-hybridized carbons (Fsp3) is 0.412. The average molecular weight is 468 g/mol. The lowest BCUT2D eigenvalue weighted by Gasteiger charge is -2.13. The van der Waals surface area contributed by atoms with E-state index >= 15 is 0 Å². The number of hydrogen-bond acceptors (Lipinski definition) is 7. The maximum atomic E-state index is 13.2. The lowest BCUT2D eigenvalue weighted by molar-refractivity contribution is -0.192. The van der Waals surface area contributed by atoms with Gasteiger partial charge in [0.15, 0.2) is 5.69 Å². The number of aromatic nitrogens is 2. The highest BCUT2D eigenvalue weighted by Crippen LogP contribution is 2.20. The molecule has 1 aliphatic rings. The molecule has 3 rings (SSSR count). The molecule has 31 heavy (non-hydrogen) atoms. The summed E-state index contributed by atoms with van der Waals surface area (Å²) in [5.74, 6) is -3.22. The summed E-state index contributed by atoms with van der Waals surface area (Å²) in [5, 5.41) is 30.1. The van der Waals surface area contributed by atoms with E-state index in [9.17, 15) is 22.8 Å². The fourth-order valence-corrected chi connectivity index (χ4v) is 2.84. The van der Waals surface area contributed by atoms with Gasteiger partial charge in [-0.3, -0.25) is 0 Å². The highest BCUT2D eigenvalue weighted by atomic mass is 35.5. The first-order valence-electron chi connectivity index (χ1n) is 8.90. The number of anilines is 1. The molecule has 1 aromatic heterocycles. The normalized spacial score (nSPS) is 14.8. The van der Waals surface area contributed by atoms with Crippen molar-refractivity contribution in [1.82, 2.24) is 15.2 Å². The van der Waals surface area contributed by atoms with Gasteiger partial charge in [-0.05, 0) is 49.3 Å². The average Bonchev–Trinajstić information content (AvgIpc) is 3.38. The van der Waals surface area contributed by atoms with Gasteiger partial charge in [0, 0.05) is 18.7 Å². The Morgan fingerprint density at radius 1 is 1.29 bits per heavy atom. The summed E-state index contributed by atoms with van der Waals surface area (Å²) in [7, 11) is 0. The van der Waals surface area contributed by atoms with Crippen LogP contribution in [0, 0.1) is 5.82 Å². The van der Waals surface area contributed by atoms with E-state index in [-0.39, 0.29) is 10.9 Å². The first kappa shape index (κ1) is 24.3. The zero-order chi connectivity index (χ0) is 23.0. The third-order valence-corrected chi connectivity index (χ3v) is 4.46. The van der Waals surface area contributed by atoms with Crippen LogP contribution in [0.25, 0.3) is 0 Å². The lowest BCUT2D eigenvalue weighted by atomic mass is 10.2. The summed E-state index contributed by atoms with van der Waals surface area (Å²) >= 11 is 5.75. The Labute approximate surface area is 178 Å². The second kappa shape index (κ2) is 10.9. The largest absolute Gasteiger partial charge is 0.490 e. The molecule has 170 valence electrons. The van der Waals surface area contributed by atoms with Crippen LogP contribution in [0.4, 0.5) is 23.2 Å². The Hall–Kier alpha value is -2.93. The van der Waals surface area contributed by atoms with E-state index in [1.165, 1.54) is 31.0 Å². The van der Waals surface area contributed by atoms with Crippen LogP contribution in [-0.2, 0) is 11.2 Å². The lowest BCUT2D eigenvalue weighted by Crippen LogP contribution is -2.23. The van der Waals surface area contributed by atoms with Gasteiger partial charge in [-0.2, -0.15) is 13.2 Å². The maximum Gasteiger partial charge on any atom is 0.490 e. The molecule has 0 atom stereocenters. The van der Waals surface area contributed by atoms with E-state index in [2.05, 4.69) is 25.7 Å². The molecule has 1 fully saturated rings. The number of alkyl halides is 3. The summed E-state index contributed by atoms with van der Waals surface area (Å²) < 4.78 is 49.7. The van der Waals surface area contributed by atoms with E-state index < -0.39 is 18.0 Å². The Morgan fingerprint density at radius 2 is 1.94 bits per heavy atom. The van der Waals surface area contributed by atoms with Gasteiger partial charge in [-0.15, -0.1) is 0 Å². The van der Waals surface area contributed by atoms with E-state index in [1.807, 2.05) is 0 Å². The van der Waals surface area contributed by atoms with E-state index in [1.54, 1.807) is 0 Å². The summed E-state index contributed by atoms with van der Waals surface area (Å²) in [6.07, 6.45) is -2.04. The maximum absolute atomic E-state index is 13.2. The van der Waals surface area contributed by atoms with E-state index in [4.69, 9.17) is 26.1 Å². The molecule has 2 heterocycles. The Bertz CT molecular complexity index is 916. The minimum atomic E-state index is -5.08. The molecule has 0 spiro atoms. The van der Waals surface area contributed by atoms with Crippen molar-refractivity contribution in [1.29, 1.82) is 0 Å². The number of nitrogens with one attached hydrogen (secondary N) is 1. The minimum absolute atomic E-state index is 0.0372. The number of halogens is 5. The van der Waals surface area contributed by atoms with E-state index in [0.717, 1.165) is 19.6 Å². The van der Waals surface area contributed by atoms with Gasteiger partial charge in [-0.25, -0.2) is 13.8 Å². The molecule has 0 amide bonds. The minimum Gasteiger partial charge on any atom is -0.475 e. The fourth-order valence-electron chi connectivity index (χ4n) is 2.66. The molecule has 1 aromatic carbocycles. The molecule has 0 bridgehead atoms. The molecule has 0 unspecified atom stereocenters. The number of nitrogens with zero attached hydrogens (tertiary/aromatic N) is 4. The zero-order valence-electron chi connectivity index (χ0n) is 15.9. The third-order valence-electron chi connectivity index (χ3n) is 4.17. The zero-order valence-corrected chi connectivity index (χ0v) is 16.6. The van der Waals surface area contributed by atoms with Crippen molar-refractivity contribution < 1.29 is 37.3 Å². The molecule has 3 N–H and O–H groups in total. The Kier molecular flexibility index (Phi) is 8.56. The highest BCUT2D eigenvalue weighted by molar-refractivity contribution is 6.31. The number of oxime groups is 1. The SMILES string of the molecule is O=C(O)C(F)(F)F.ON=C(Nc1ccc(F)c(Cl)c1)c1nonc1CCN1CCCC1. The third kappa shape index (κ3) is 7.36. The van der Waals surface area contributed by atoms with E-state index in [0.29, 0.717) is 23.5 Å². The molecule has 0 aliphatic carbocycles. The van der Waals surface area contributed by atoms with Gasteiger partial charge in [-0.1, -0.05) is 21.9 Å². The van der Waals surface area contributed by atoms with Gasteiger partial charge in [0.2, 0.25) is 5.84 Å². The van der Waals surface area contributed by atoms with Gasteiger partial charge in [0.05, 0.1) is 5.02 Å². The number of likely N-dealkylation sites (tertiary alicyclic amines) is 1. The molecule has 1 aliphatic heterocycles. The molecule has 0 saturated carbocycles. The molecule has 14 heteroatoms. The van der Waals surface area contributed by atoms with Gasteiger partial charge >= 0.3 is 12.1 Å². The summed E-state index contributed by atoms with van der Waals surface area (Å²) in [4.78, 5) is 11.2. The predicted molar refractivity (Wildman–Crippen MR) is 101 cm³/mol. The van der Waals surface area contributed by atoms with Crippen molar-refractivity contribution in [3.8, 4) is 0 Å². The number of carbonyl (C=O) groups is 1. The number of hydrogen-bond donors (Lipinski definition) is 3. The first-order chi connectivity index (χ1) is 14.6. The van der Waals surface area contributed by atoms with Crippen molar-refractivity contribution in [3.63, 3.8) is 0 Å². The predicted octanol–water partition coefficient (Wildman–Crippen LogP) is 3.38. The second-order valence-electron chi connectivity index (χ2n) is 6.36. The number of rotatable bonds is 5. The van der Waals surface area contributed by atoms with Gasteiger partial charge in [0.25, 0.3) is 0 Å². The van der Waals surface area contributed by atoms with Crippen LogP contribution < -0.4 is 5.32 Å². The van der Waals surface area contributed by atoms with Crippen LogP contribution in [0.15, 0.2) is 28.0 Å². The van der Waals surface area contributed by atoms with Crippen LogP contribution in [0.1, 0.15) is 24.2 Å². The van der Waals surface area contributed by atoms with Gasteiger partial charge < -0.3 is 20.5 Å².